The second-order valence-electron chi connectivity index (χ2n) is 3.41. The fourth-order valence-electron chi connectivity index (χ4n) is 1.72. The Bertz CT molecular complexity index is 502. The van der Waals surface area contributed by atoms with Gasteiger partial charge >= 0.3 is 0 Å². The molecule has 0 aliphatic heterocycles. The molecule has 78 valence electrons. The Kier molecular flexibility index (Phi) is 2.51. The molecule has 0 bridgehead atoms. The molecule has 0 aliphatic rings. The van der Waals surface area contributed by atoms with Gasteiger partial charge in [0.25, 0.3) is 0 Å². The largest absolute Gasteiger partial charge is 0.330 e. The number of imidazole rings is 1. The van der Waals surface area contributed by atoms with Crippen LogP contribution in [0.15, 0.2) is 24.3 Å². The SMILES string of the molecule is CC(=O)n1c(CCN)nc2ccccc21. The minimum atomic E-state index is -0.0212. The summed E-state index contributed by atoms with van der Waals surface area (Å²) in [4.78, 5) is 15.9. The van der Waals surface area contributed by atoms with Crippen LogP contribution in [0.25, 0.3) is 11.0 Å². The molecule has 0 aliphatic carbocycles. The highest BCUT2D eigenvalue weighted by Gasteiger charge is 2.12. The predicted molar refractivity (Wildman–Crippen MR) is 58.8 cm³/mol. The molecule has 2 aromatic rings. The van der Waals surface area contributed by atoms with Crippen LogP contribution in [-0.4, -0.2) is 22.0 Å². The summed E-state index contributed by atoms with van der Waals surface area (Å²) < 4.78 is 1.63. The lowest BCUT2D eigenvalue weighted by molar-refractivity contribution is 0.0938. The van der Waals surface area contributed by atoms with E-state index in [1.54, 1.807) is 4.57 Å². The number of carbonyl (C=O) groups is 1. The maximum absolute atomic E-state index is 11.5. The number of benzene rings is 1. The molecule has 0 amide bonds. The molecule has 0 radical (unpaired) electrons. The number of rotatable bonds is 2. The second-order valence-corrected chi connectivity index (χ2v) is 3.41. The van der Waals surface area contributed by atoms with Gasteiger partial charge in [0.05, 0.1) is 11.0 Å². The fraction of sp³-hybridized carbons (Fsp3) is 0.273. The van der Waals surface area contributed by atoms with E-state index in [4.69, 9.17) is 5.73 Å². The zero-order chi connectivity index (χ0) is 10.8. The summed E-state index contributed by atoms with van der Waals surface area (Å²) in [6, 6.07) is 7.60. The molecular weight excluding hydrogens is 190 g/mol. The number of nitrogens with zero attached hydrogens (tertiary/aromatic N) is 2. The van der Waals surface area contributed by atoms with Gasteiger partial charge in [-0.3, -0.25) is 9.36 Å². The molecular formula is C11H13N3O. The summed E-state index contributed by atoms with van der Waals surface area (Å²) in [5.41, 5.74) is 7.19. The van der Waals surface area contributed by atoms with Gasteiger partial charge in [0.15, 0.2) is 0 Å². The third-order valence-electron chi connectivity index (χ3n) is 2.31. The maximum Gasteiger partial charge on any atom is 0.229 e. The summed E-state index contributed by atoms with van der Waals surface area (Å²) in [7, 11) is 0. The number of para-hydroxylation sites is 2. The van der Waals surface area contributed by atoms with Gasteiger partial charge < -0.3 is 5.73 Å². The third-order valence-corrected chi connectivity index (χ3v) is 2.31. The van der Waals surface area contributed by atoms with Crippen molar-refractivity contribution in [3.05, 3.63) is 30.1 Å². The normalized spacial score (nSPS) is 10.8. The third kappa shape index (κ3) is 1.64. The summed E-state index contributed by atoms with van der Waals surface area (Å²) >= 11 is 0. The average Bonchev–Trinajstić information content (AvgIpc) is 2.56. The number of aromatic nitrogens is 2. The zero-order valence-electron chi connectivity index (χ0n) is 8.60. The van der Waals surface area contributed by atoms with Crippen molar-refractivity contribution < 1.29 is 4.79 Å². The second kappa shape index (κ2) is 3.82. The van der Waals surface area contributed by atoms with E-state index >= 15 is 0 Å². The Balaban J connectivity index is 2.69. The highest BCUT2D eigenvalue weighted by molar-refractivity contribution is 5.89. The molecule has 0 atom stereocenters. The first kappa shape index (κ1) is 9.86. The van der Waals surface area contributed by atoms with E-state index in [-0.39, 0.29) is 5.91 Å². The van der Waals surface area contributed by atoms with Gasteiger partial charge in [-0.05, 0) is 18.7 Å². The number of nitrogens with two attached hydrogens (primary N) is 1. The molecule has 1 aromatic carbocycles. The van der Waals surface area contributed by atoms with E-state index in [1.165, 1.54) is 6.92 Å². The van der Waals surface area contributed by atoms with Gasteiger partial charge in [-0.1, -0.05) is 12.1 Å². The van der Waals surface area contributed by atoms with E-state index in [0.29, 0.717) is 13.0 Å². The molecule has 1 heterocycles. The highest BCUT2D eigenvalue weighted by atomic mass is 16.1. The van der Waals surface area contributed by atoms with E-state index in [2.05, 4.69) is 4.98 Å². The van der Waals surface area contributed by atoms with Crippen LogP contribution in [0.1, 0.15) is 17.5 Å². The molecule has 1 aromatic heterocycles. The Hall–Kier alpha value is -1.68. The summed E-state index contributed by atoms with van der Waals surface area (Å²) in [5.74, 6) is 0.721. The maximum atomic E-state index is 11.5. The van der Waals surface area contributed by atoms with Crippen LogP contribution in [0.2, 0.25) is 0 Å². The van der Waals surface area contributed by atoms with E-state index in [0.717, 1.165) is 16.9 Å². The van der Waals surface area contributed by atoms with Crippen LogP contribution in [0.3, 0.4) is 0 Å². The number of carbonyl (C=O) groups excluding carboxylic acids is 1. The van der Waals surface area contributed by atoms with E-state index < -0.39 is 0 Å². The van der Waals surface area contributed by atoms with Crippen LogP contribution in [0, 0.1) is 0 Å². The smallest absolute Gasteiger partial charge is 0.229 e. The average molecular weight is 203 g/mol. The first-order valence-electron chi connectivity index (χ1n) is 4.91. The molecule has 4 nitrogen and oxygen atoms in total. The minimum absolute atomic E-state index is 0.0212. The molecule has 0 fully saturated rings. The molecule has 0 saturated carbocycles. The van der Waals surface area contributed by atoms with Crippen molar-refractivity contribution in [2.45, 2.75) is 13.3 Å². The number of hydrogen-bond acceptors (Lipinski definition) is 3. The Morgan fingerprint density at radius 2 is 2.20 bits per heavy atom. The van der Waals surface area contributed by atoms with Gasteiger partial charge in [0.1, 0.15) is 5.82 Å². The van der Waals surface area contributed by atoms with Crippen LogP contribution in [0.5, 0.6) is 0 Å². The zero-order valence-corrected chi connectivity index (χ0v) is 8.60. The predicted octanol–water partition coefficient (Wildman–Crippen LogP) is 1.20. The Morgan fingerprint density at radius 3 is 2.87 bits per heavy atom. The lowest BCUT2D eigenvalue weighted by Gasteiger charge is -2.02. The topological polar surface area (TPSA) is 60.9 Å². The Morgan fingerprint density at radius 1 is 1.47 bits per heavy atom. The number of fused-ring (bicyclic) bond motifs is 1. The summed E-state index contributed by atoms with van der Waals surface area (Å²) in [6.45, 7) is 2.03. The van der Waals surface area contributed by atoms with Crippen LogP contribution in [0.4, 0.5) is 0 Å². The molecule has 0 spiro atoms. The van der Waals surface area contributed by atoms with Crippen LogP contribution < -0.4 is 5.73 Å². The first-order valence-corrected chi connectivity index (χ1v) is 4.91. The molecule has 0 saturated heterocycles. The minimum Gasteiger partial charge on any atom is -0.330 e. The quantitative estimate of drug-likeness (QED) is 0.797. The van der Waals surface area contributed by atoms with Crippen molar-refractivity contribution in [3.8, 4) is 0 Å². The molecule has 15 heavy (non-hydrogen) atoms. The molecule has 4 heteroatoms. The summed E-state index contributed by atoms with van der Waals surface area (Å²) in [5, 5.41) is 0. The summed E-state index contributed by atoms with van der Waals surface area (Å²) in [6.07, 6.45) is 0.619. The van der Waals surface area contributed by atoms with Crippen molar-refractivity contribution in [2.24, 2.45) is 5.73 Å². The van der Waals surface area contributed by atoms with Crippen molar-refractivity contribution in [1.29, 1.82) is 0 Å². The molecule has 2 N–H and O–H groups in total. The van der Waals surface area contributed by atoms with Gasteiger partial charge in [-0.15, -0.1) is 0 Å². The highest BCUT2D eigenvalue weighted by Crippen LogP contribution is 2.15. The van der Waals surface area contributed by atoms with Crippen molar-refractivity contribution in [3.63, 3.8) is 0 Å². The molecule has 0 unspecified atom stereocenters. The lowest BCUT2D eigenvalue weighted by Crippen LogP contribution is -2.14. The van der Waals surface area contributed by atoms with Crippen LogP contribution in [-0.2, 0) is 6.42 Å². The first-order chi connectivity index (χ1) is 7.24. The van der Waals surface area contributed by atoms with Crippen molar-refractivity contribution in [2.75, 3.05) is 6.54 Å². The van der Waals surface area contributed by atoms with Gasteiger partial charge in [-0.25, -0.2) is 4.98 Å². The van der Waals surface area contributed by atoms with Gasteiger partial charge in [0, 0.05) is 13.3 Å². The lowest BCUT2D eigenvalue weighted by atomic mass is 10.3. The molecule has 2 rings (SSSR count). The number of hydrogen-bond donors (Lipinski definition) is 1. The van der Waals surface area contributed by atoms with Crippen molar-refractivity contribution >= 4 is 16.9 Å². The van der Waals surface area contributed by atoms with E-state index in [1.807, 2.05) is 24.3 Å². The van der Waals surface area contributed by atoms with Crippen LogP contribution >= 0.6 is 0 Å². The van der Waals surface area contributed by atoms with Gasteiger partial charge in [0.2, 0.25) is 5.91 Å². The van der Waals surface area contributed by atoms with Gasteiger partial charge in [-0.2, -0.15) is 0 Å². The Labute approximate surface area is 87.7 Å². The monoisotopic (exact) mass is 203 g/mol. The van der Waals surface area contributed by atoms with Crippen molar-refractivity contribution in [1.82, 2.24) is 9.55 Å². The van der Waals surface area contributed by atoms with E-state index in [9.17, 15) is 4.79 Å². The standard InChI is InChI=1S/C11H13N3O/c1-8(15)14-10-5-3-2-4-9(10)13-11(14)6-7-12/h2-5H,6-7,12H2,1H3. The fourth-order valence-corrected chi connectivity index (χ4v) is 1.72.